The van der Waals surface area contributed by atoms with Crippen molar-refractivity contribution in [1.29, 1.82) is 0 Å². The maximum Gasteiger partial charge on any atom is 0.221 e. The van der Waals surface area contributed by atoms with E-state index in [-0.39, 0.29) is 5.91 Å². The van der Waals surface area contributed by atoms with Crippen LogP contribution in [0.1, 0.15) is 51.4 Å². The van der Waals surface area contributed by atoms with Gasteiger partial charge in [-0.1, -0.05) is 6.42 Å². The van der Waals surface area contributed by atoms with Crippen molar-refractivity contribution in [2.45, 2.75) is 69.5 Å². The molecule has 1 heterocycles. The van der Waals surface area contributed by atoms with Crippen LogP contribution in [0.15, 0.2) is 0 Å². The number of carbonyl (C=O) groups excluding carboxylic acids is 1. The average molecular weight is 265 g/mol. The van der Waals surface area contributed by atoms with Gasteiger partial charge >= 0.3 is 0 Å². The van der Waals surface area contributed by atoms with Crippen molar-refractivity contribution in [1.82, 2.24) is 15.5 Å². The standard InChI is InChI=1S/C15H27N3O/c19-15(17-13-6-7-13)8-10-18-9-2-1-3-14(18)11-16-12-4-5-12/h12-14,16H,1-11H2,(H,17,19). The number of amides is 1. The minimum atomic E-state index is 0.252. The fraction of sp³-hybridized carbons (Fsp3) is 0.933. The van der Waals surface area contributed by atoms with Gasteiger partial charge in [-0.25, -0.2) is 0 Å². The van der Waals surface area contributed by atoms with E-state index in [1.165, 1.54) is 51.5 Å². The van der Waals surface area contributed by atoms with Gasteiger partial charge in [0.2, 0.25) is 5.91 Å². The molecule has 0 bridgehead atoms. The monoisotopic (exact) mass is 265 g/mol. The van der Waals surface area contributed by atoms with Gasteiger partial charge in [0.25, 0.3) is 0 Å². The van der Waals surface area contributed by atoms with Gasteiger partial charge in [0.15, 0.2) is 0 Å². The van der Waals surface area contributed by atoms with Crippen LogP contribution in [0.4, 0.5) is 0 Å². The minimum absolute atomic E-state index is 0.252. The van der Waals surface area contributed by atoms with E-state index >= 15 is 0 Å². The maximum atomic E-state index is 11.8. The van der Waals surface area contributed by atoms with Crippen LogP contribution in [0.3, 0.4) is 0 Å². The fourth-order valence-electron chi connectivity index (χ4n) is 2.95. The molecule has 4 nitrogen and oxygen atoms in total. The Kier molecular flexibility index (Phi) is 4.38. The van der Waals surface area contributed by atoms with Gasteiger partial charge in [-0.15, -0.1) is 0 Å². The van der Waals surface area contributed by atoms with Crippen LogP contribution in [-0.2, 0) is 4.79 Å². The molecule has 19 heavy (non-hydrogen) atoms. The lowest BCUT2D eigenvalue weighted by Crippen LogP contribution is -2.47. The zero-order valence-corrected chi connectivity index (χ0v) is 11.9. The Bertz CT molecular complexity index is 313. The van der Waals surface area contributed by atoms with Crippen molar-refractivity contribution < 1.29 is 4.79 Å². The molecule has 4 heteroatoms. The SMILES string of the molecule is O=C(CCN1CCCCC1CNC1CC1)NC1CC1. The lowest BCUT2D eigenvalue weighted by molar-refractivity contribution is -0.121. The molecule has 1 saturated heterocycles. The number of nitrogens with zero attached hydrogens (tertiary/aromatic N) is 1. The molecular formula is C15H27N3O. The second-order valence-corrected chi connectivity index (χ2v) is 6.46. The third-order valence-corrected chi connectivity index (χ3v) is 4.54. The van der Waals surface area contributed by atoms with E-state index in [1.807, 2.05) is 0 Å². The first kappa shape index (κ1) is 13.4. The van der Waals surface area contributed by atoms with Crippen LogP contribution >= 0.6 is 0 Å². The second kappa shape index (κ2) is 6.23. The third kappa shape index (κ3) is 4.46. The Balaban J connectivity index is 1.38. The molecule has 1 unspecified atom stereocenters. The Labute approximate surface area is 116 Å². The first-order valence-corrected chi connectivity index (χ1v) is 8.08. The zero-order valence-electron chi connectivity index (χ0n) is 11.9. The fourth-order valence-corrected chi connectivity index (χ4v) is 2.95. The lowest BCUT2D eigenvalue weighted by Gasteiger charge is -2.35. The third-order valence-electron chi connectivity index (χ3n) is 4.54. The van der Waals surface area contributed by atoms with Crippen LogP contribution < -0.4 is 10.6 Å². The Hall–Kier alpha value is -0.610. The highest BCUT2D eigenvalue weighted by Gasteiger charge is 2.27. The molecule has 1 amide bonds. The molecule has 3 aliphatic rings. The highest BCUT2D eigenvalue weighted by atomic mass is 16.1. The molecule has 0 radical (unpaired) electrons. The summed E-state index contributed by atoms with van der Waals surface area (Å²) < 4.78 is 0. The molecule has 2 N–H and O–H groups in total. The van der Waals surface area contributed by atoms with Crippen molar-refractivity contribution in [2.24, 2.45) is 0 Å². The van der Waals surface area contributed by atoms with E-state index < -0.39 is 0 Å². The van der Waals surface area contributed by atoms with Crippen LogP contribution in [0.25, 0.3) is 0 Å². The smallest absolute Gasteiger partial charge is 0.221 e. The van der Waals surface area contributed by atoms with Crippen LogP contribution in [-0.4, -0.2) is 48.6 Å². The minimum Gasteiger partial charge on any atom is -0.353 e. The molecule has 0 aromatic heterocycles. The molecule has 3 rings (SSSR count). The number of piperidine rings is 1. The number of likely N-dealkylation sites (tertiary alicyclic amines) is 1. The highest BCUT2D eigenvalue weighted by Crippen LogP contribution is 2.22. The molecule has 2 aliphatic carbocycles. The quantitative estimate of drug-likeness (QED) is 0.728. The predicted molar refractivity (Wildman–Crippen MR) is 76.0 cm³/mol. The van der Waals surface area contributed by atoms with Gasteiger partial charge < -0.3 is 10.6 Å². The summed E-state index contributed by atoms with van der Waals surface area (Å²) in [5.41, 5.74) is 0. The van der Waals surface area contributed by atoms with Gasteiger partial charge in [0.05, 0.1) is 0 Å². The van der Waals surface area contributed by atoms with Gasteiger partial charge in [0.1, 0.15) is 0 Å². The number of rotatable bonds is 7. The normalized spacial score (nSPS) is 28.3. The first-order chi connectivity index (χ1) is 9.31. The van der Waals surface area contributed by atoms with Gasteiger partial charge in [-0.2, -0.15) is 0 Å². The van der Waals surface area contributed by atoms with Gasteiger partial charge in [-0.3, -0.25) is 9.69 Å². The topological polar surface area (TPSA) is 44.4 Å². The Morgan fingerprint density at radius 1 is 1.05 bits per heavy atom. The van der Waals surface area contributed by atoms with E-state index in [4.69, 9.17) is 0 Å². The molecule has 2 saturated carbocycles. The van der Waals surface area contributed by atoms with Crippen LogP contribution in [0.5, 0.6) is 0 Å². The summed E-state index contributed by atoms with van der Waals surface area (Å²) >= 11 is 0. The van der Waals surface area contributed by atoms with Gasteiger partial charge in [0, 0.05) is 37.6 Å². The van der Waals surface area contributed by atoms with E-state index in [1.54, 1.807) is 0 Å². The molecule has 1 atom stereocenters. The Morgan fingerprint density at radius 2 is 1.84 bits per heavy atom. The number of carbonyl (C=O) groups is 1. The summed E-state index contributed by atoms with van der Waals surface area (Å²) in [6.45, 7) is 3.23. The summed E-state index contributed by atoms with van der Waals surface area (Å²) in [5, 5.41) is 6.73. The van der Waals surface area contributed by atoms with Gasteiger partial charge in [-0.05, 0) is 45.1 Å². The van der Waals surface area contributed by atoms with Crippen molar-refractivity contribution in [2.75, 3.05) is 19.6 Å². The van der Waals surface area contributed by atoms with Crippen molar-refractivity contribution in [3.8, 4) is 0 Å². The van der Waals surface area contributed by atoms with Crippen LogP contribution in [0.2, 0.25) is 0 Å². The average Bonchev–Trinajstić information content (AvgIpc) is 3.29. The maximum absolute atomic E-state index is 11.8. The van der Waals surface area contributed by atoms with Crippen molar-refractivity contribution >= 4 is 5.91 Å². The Morgan fingerprint density at radius 3 is 2.58 bits per heavy atom. The van der Waals surface area contributed by atoms with Crippen LogP contribution in [0, 0.1) is 0 Å². The largest absolute Gasteiger partial charge is 0.353 e. The van der Waals surface area contributed by atoms with E-state index in [2.05, 4.69) is 15.5 Å². The molecule has 3 fully saturated rings. The first-order valence-electron chi connectivity index (χ1n) is 8.08. The van der Waals surface area contributed by atoms with Crippen molar-refractivity contribution in [3.63, 3.8) is 0 Å². The van der Waals surface area contributed by atoms with E-state index in [0.717, 1.165) is 19.1 Å². The summed E-state index contributed by atoms with van der Waals surface area (Å²) in [6.07, 6.45) is 9.70. The highest BCUT2D eigenvalue weighted by molar-refractivity contribution is 5.76. The summed E-state index contributed by atoms with van der Waals surface area (Å²) in [6, 6.07) is 1.95. The molecular weight excluding hydrogens is 238 g/mol. The molecule has 0 aromatic carbocycles. The molecule has 1 aliphatic heterocycles. The number of hydrogen-bond donors (Lipinski definition) is 2. The summed E-state index contributed by atoms with van der Waals surface area (Å²) in [7, 11) is 0. The molecule has 108 valence electrons. The number of nitrogens with one attached hydrogen (secondary N) is 2. The van der Waals surface area contributed by atoms with Crippen molar-refractivity contribution in [3.05, 3.63) is 0 Å². The lowest BCUT2D eigenvalue weighted by atomic mass is 10.0. The molecule has 0 aromatic rings. The van der Waals surface area contributed by atoms with E-state index in [9.17, 15) is 4.79 Å². The zero-order chi connectivity index (χ0) is 13.1. The van der Waals surface area contributed by atoms with E-state index in [0.29, 0.717) is 18.5 Å². The number of hydrogen-bond acceptors (Lipinski definition) is 3. The summed E-state index contributed by atoms with van der Waals surface area (Å²) in [5.74, 6) is 0.252. The molecule has 0 spiro atoms. The summed E-state index contributed by atoms with van der Waals surface area (Å²) in [4.78, 5) is 14.3. The predicted octanol–water partition coefficient (Wildman–Crippen LogP) is 1.26. The second-order valence-electron chi connectivity index (χ2n) is 6.46.